The van der Waals surface area contributed by atoms with Crippen molar-refractivity contribution in [3.8, 4) is 0 Å². The van der Waals surface area contributed by atoms with Crippen LogP contribution in [-0.2, 0) is 14.3 Å². The van der Waals surface area contributed by atoms with Crippen molar-refractivity contribution >= 4 is 40.3 Å². The fourth-order valence-electron chi connectivity index (χ4n) is 4.68. The molecule has 4 unspecified atom stereocenters. The van der Waals surface area contributed by atoms with Crippen molar-refractivity contribution in [1.29, 1.82) is 0 Å². The second-order valence-electron chi connectivity index (χ2n) is 8.79. The first-order chi connectivity index (χ1) is 17.1. The van der Waals surface area contributed by atoms with Crippen molar-refractivity contribution in [2.24, 2.45) is 0 Å². The standard InChI is InChI=1S/C22H24FN3O9S/c1-8-26-11-7-12(25-4-2-24-3-5-25)10(23)6-9(11)14(27)13(19(26)36-8)21(33)35-22-17(30)15(28)16(29)18(34-22)20(31)32/h6-8,15-18,22,24,28-30H,2-5H2,1H3,(H,31,32)/t8?,15?,16-,17?,18?,22-/m0/s1. The first-order valence-electron chi connectivity index (χ1n) is 11.3. The molecule has 0 spiro atoms. The molecular formula is C22H24FN3O9S. The number of nitrogens with one attached hydrogen (secondary N) is 1. The number of aliphatic carboxylic acids is 1. The average molecular weight is 526 g/mol. The molecule has 36 heavy (non-hydrogen) atoms. The topological polar surface area (TPSA) is 171 Å². The Kier molecular flexibility index (Phi) is 6.43. The van der Waals surface area contributed by atoms with Crippen LogP contribution in [0.3, 0.4) is 0 Å². The van der Waals surface area contributed by atoms with Gasteiger partial charge in [-0.15, -0.1) is 0 Å². The van der Waals surface area contributed by atoms with Crippen molar-refractivity contribution in [1.82, 2.24) is 9.88 Å². The highest BCUT2D eigenvalue weighted by Gasteiger charge is 2.49. The highest BCUT2D eigenvalue weighted by Crippen LogP contribution is 2.47. The number of thioether (sulfide) groups is 1. The van der Waals surface area contributed by atoms with E-state index in [0.29, 0.717) is 37.4 Å². The molecule has 1 aromatic carbocycles. The number of aromatic nitrogens is 1. The van der Waals surface area contributed by atoms with Crippen molar-refractivity contribution in [2.45, 2.75) is 48.0 Å². The summed E-state index contributed by atoms with van der Waals surface area (Å²) in [6.45, 7) is 4.41. The van der Waals surface area contributed by atoms with Gasteiger partial charge in [0.05, 0.1) is 21.6 Å². The number of aliphatic hydroxyl groups excluding tert-OH is 3. The van der Waals surface area contributed by atoms with Crippen LogP contribution in [0.2, 0.25) is 0 Å². The maximum absolute atomic E-state index is 15.1. The van der Waals surface area contributed by atoms with Gasteiger partial charge in [0.1, 0.15) is 29.7 Å². The number of rotatable bonds is 4. The van der Waals surface area contributed by atoms with Crippen molar-refractivity contribution < 1.29 is 43.9 Å². The zero-order valence-electron chi connectivity index (χ0n) is 19.0. The van der Waals surface area contributed by atoms with E-state index in [2.05, 4.69) is 5.32 Å². The number of halogens is 1. The van der Waals surface area contributed by atoms with Crippen LogP contribution in [0.15, 0.2) is 22.0 Å². The van der Waals surface area contributed by atoms with E-state index in [-0.39, 0.29) is 15.8 Å². The third-order valence-electron chi connectivity index (χ3n) is 6.57. The fourth-order valence-corrected chi connectivity index (χ4v) is 5.83. The number of piperazine rings is 1. The number of anilines is 1. The van der Waals surface area contributed by atoms with Crippen LogP contribution in [0.4, 0.5) is 10.1 Å². The second kappa shape index (κ2) is 9.28. The molecule has 2 saturated heterocycles. The molecule has 6 atom stereocenters. The van der Waals surface area contributed by atoms with E-state index < -0.39 is 59.5 Å². The van der Waals surface area contributed by atoms with Crippen LogP contribution >= 0.6 is 11.8 Å². The third-order valence-corrected chi connectivity index (χ3v) is 7.75. The van der Waals surface area contributed by atoms with E-state index in [0.717, 1.165) is 6.07 Å². The summed E-state index contributed by atoms with van der Waals surface area (Å²) < 4.78 is 26.9. The molecule has 3 aliphatic heterocycles. The van der Waals surface area contributed by atoms with Crippen LogP contribution < -0.4 is 15.6 Å². The molecule has 5 rings (SSSR count). The van der Waals surface area contributed by atoms with Crippen molar-refractivity contribution in [3.05, 3.63) is 33.7 Å². The first kappa shape index (κ1) is 24.9. The SMILES string of the molecule is CC1Sc2c(C(=O)O[C@@H]3OC(C(=O)O)[C@@H](O)C(O)C3O)c(=O)c3cc(F)c(N4CCNCC4)cc3n21. The van der Waals surface area contributed by atoms with E-state index in [1.165, 1.54) is 11.8 Å². The average Bonchev–Trinajstić information content (AvgIpc) is 2.84. The van der Waals surface area contributed by atoms with Crippen molar-refractivity contribution in [3.63, 3.8) is 0 Å². The second-order valence-corrected chi connectivity index (χ2v) is 10.1. The lowest BCUT2D eigenvalue weighted by Gasteiger charge is -2.38. The molecule has 2 aromatic rings. The first-order valence-corrected chi connectivity index (χ1v) is 12.2. The summed E-state index contributed by atoms with van der Waals surface area (Å²) in [5.41, 5.74) is -0.426. The van der Waals surface area contributed by atoms with Gasteiger partial charge in [0, 0.05) is 31.6 Å². The third kappa shape index (κ3) is 3.93. The summed E-state index contributed by atoms with van der Waals surface area (Å²) in [4.78, 5) is 39.6. The number of ether oxygens (including phenoxy) is 2. The van der Waals surface area contributed by atoms with E-state index in [1.807, 2.05) is 11.8 Å². The summed E-state index contributed by atoms with van der Waals surface area (Å²) in [6, 6.07) is 2.68. The number of carboxylic acids is 1. The number of fused-ring (bicyclic) bond motifs is 3. The molecule has 0 radical (unpaired) electrons. The van der Waals surface area contributed by atoms with Crippen molar-refractivity contribution in [2.75, 3.05) is 31.1 Å². The number of aliphatic hydroxyl groups is 3. The number of esters is 1. The molecule has 14 heteroatoms. The molecule has 2 fully saturated rings. The van der Waals surface area contributed by atoms with Crippen LogP contribution in [0.1, 0.15) is 22.7 Å². The molecule has 5 N–H and O–H groups in total. The molecule has 194 valence electrons. The van der Waals surface area contributed by atoms with E-state index in [9.17, 15) is 34.8 Å². The molecule has 4 heterocycles. The number of carboxylic acid groups (broad SMARTS) is 1. The van der Waals surface area contributed by atoms with Crippen LogP contribution in [0.5, 0.6) is 0 Å². The van der Waals surface area contributed by atoms with Gasteiger partial charge in [0.25, 0.3) is 0 Å². The Balaban J connectivity index is 1.53. The Morgan fingerprint density at radius 1 is 1.17 bits per heavy atom. The summed E-state index contributed by atoms with van der Waals surface area (Å²) in [6.07, 6.45) is -9.87. The van der Waals surface area contributed by atoms with E-state index in [4.69, 9.17) is 9.47 Å². The maximum Gasteiger partial charge on any atom is 0.347 e. The minimum Gasteiger partial charge on any atom is -0.479 e. The molecule has 12 nitrogen and oxygen atoms in total. The minimum atomic E-state index is -1.98. The maximum atomic E-state index is 15.1. The van der Waals surface area contributed by atoms with Gasteiger partial charge in [0.2, 0.25) is 11.7 Å². The highest BCUT2D eigenvalue weighted by molar-refractivity contribution is 8.00. The summed E-state index contributed by atoms with van der Waals surface area (Å²) in [7, 11) is 0. The number of pyridine rings is 1. The minimum absolute atomic E-state index is 0.0433. The summed E-state index contributed by atoms with van der Waals surface area (Å²) in [5.74, 6) is -3.51. The smallest absolute Gasteiger partial charge is 0.347 e. The molecular weight excluding hydrogens is 501 g/mol. The summed E-state index contributed by atoms with van der Waals surface area (Å²) in [5, 5.41) is 42.4. The predicted molar refractivity (Wildman–Crippen MR) is 124 cm³/mol. The fraction of sp³-hybridized carbons (Fsp3) is 0.500. The lowest BCUT2D eigenvalue weighted by molar-refractivity contribution is -0.278. The Morgan fingerprint density at radius 2 is 1.86 bits per heavy atom. The molecule has 1 aromatic heterocycles. The quantitative estimate of drug-likeness (QED) is 0.316. The Morgan fingerprint density at radius 3 is 2.50 bits per heavy atom. The Labute approximate surface area is 207 Å². The number of hydrogen-bond acceptors (Lipinski definition) is 11. The number of carbonyl (C=O) groups is 2. The number of benzene rings is 1. The molecule has 3 aliphatic rings. The molecule has 0 amide bonds. The molecule has 0 bridgehead atoms. The van der Waals surface area contributed by atoms with Crippen LogP contribution in [0.25, 0.3) is 10.9 Å². The Hall–Kier alpha value is -2.75. The normalized spacial score (nSPS) is 30.0. The zero-order valence-corrected chi connectivity index (χ0v) is 19.8. The highest BCUT2D eigenvalue weighted by atomic mass is 32.2. The zero-order chi connectivity index (χ0) is 25.9. The van der Waals surface area contributed by atoms with Crippen LogP contribution in [-0.4, -0.2) is 93.8 Å². The number of nitrogens with zero attached hydrogens (tertiary/aromatic N) is 2. The lowest BCUT2D eigenvalue weighted by atomic mass is 9.99. The molecule has 0 saturated carbocycles. The summed E-state index contributed by atoms with van der Waals surface area (Å²) >= 11 is 1.21. The number of carbonyl (C=O) groups excluding carboxylic acids is 1. The van der Waals surface area contributed by atoms with E-state index in [1.54, 1.807) is 10.6 Å². The van der Waals surface area contributed by atoms with E-state index >= 15 is 4.39 Å². The monoisotopic (exact) mass is 525 g/mol. The largest absolute Gasteiger partial charge is 0.479 e. The van der Waals surface area contributed by atoms with Gasteiger partial charge in [-0.3, -0.25) is 4.79 Å². The lowest BCUT2D eigenvalue weighted by Crippen LogP contribution is -2.60. The molecule has 0 aliphatic carbocycles. The Bertz CT molecular complexity index is 1300. The van der Waals surface area contributed by atoms with Gasteiger partial charge in [-0.05, 0) is 19.1 Å². The van der Waals surface area contributed by atoms with Gasteiger partial charge in [0.15, 0.2) is 6.10 Å². The van der Waals surface area contributed by atoms with Gasteiger partial charge in [-0.25, -0.2) is 14.0 Å². The number of hydrogen-bond donors (Lipinski definition) is 5. The van der Waals surface area contributed by atoms with Gasteiger partial charge >= 0.3 is 11.9 Å². The van der Waals surface area contributed by atoms with Gasteiger partial charge in [-0.1, -0.05) is 11.8 Å². The van der Waals surface area contributed by atoms with Gasteiger partial charge < -0.3 is 44.7 Å². The van der Waals surface area contributed by atoms with Crippen LogP contribution in [0, 0.1) is 5.82 Å². The predicted octanol–water partition coefficient (Wildman–Crippen LogP) is -0.777. The van der Waals surface area contributed by atoms with Gasteiger partial charge in [-0.2, -0.15) is 0 Å².